The Hall–Kier alpha value is -3.19. The molecular weight excluding hydrogens is 385 g/mol. The summed E-state index contributed by atoms with van der Waals surface area (Å²) < 4.78 is 19.1. The van der Waals surface area contributed by atoms with Crippen LogP contribution in [0, 0.1) is 5.82 Å². The van der Waals surface area contributed by atoms with E-state index < -0.39 is 23.9 Å². The van der Waals surface area contributed by atoms with Crippen molar-refractivity contribution in [3.63, 3.8) is 0 Å². The van der Waals surface area contributed by atoms with Gasteiger partial charge in [-0.2, -0.15) is 0 Å². The monoisotopic (exact) mass is 409 g/mol. The van der Waals surface area contributed by atoms with Gasteiger partial charge in [0.1, 0.15) is 5.82 Å². The fourth-order valence-electron chi connectivity index (χ4n) is 4.04. The Morgan fingerprint density at radius 3 is 2.77 bits per heavy atom. The van der Waals surface area contributed by atoms with E-state index in [1.54, 1.807) is 19.1 Å². The fraction of sp³-hybridized carbons (Fsp3) is 0.304. The average Bonchev–Trinajstić information content (AvgIpc) is 2.73. The number of carbonyl (C=O) groups is 2. The average molecular weight is 409 g/mol. The lowest BCUT2D eigenvalue weighted by Gasteiger charge is -2.34. The molecule has 0 unspecified atom stereocenters. The first-order valence-electron chi connectivity index (χ1n) is 10.1. The van der Waals surface area contributed by atoms with Gasteiger partial charge in [-0.15, -0.1) is 0 Å². The summed E-state index contributed by atoms with van der Waals surface area (Å²) in [5, 5.41) is 5.52. The van der Waals surface area contributed by atoms with Crippen LogP contribution in [0.2, 0.25) is 0 Å². The molecule has 2 aromatic carbocycles. The van der Waals surface area contributed by atoms with Crippen LogP contribution in [0.1, 0.15) is 29.7 Å². The molecule has 7 heteroatoms. The molecule has 1 atom stereocenters. The van der Waals surface area contributed by atoms with Crippen molar-refractivity contribution in [2.75, 3.05) is 19.7 Å². The van der Waals surface area contributed by atoms with E-state index in [9.17, 15) is 14.0 Å². The zero-order valence-electron chi connectivity index (χ0n) is 16.8. The molecule has 2 N–H and O–H groups in total. The second kappa shape index (κ2) is 8.67. The lowest BCUT2D eigenvalue weighted by Crippen LogP contribution is -2.49. The smallest absolute Gasteiger partial charge is 0.338 e. The second-order valence-corrected chi connectivity index (χ2v) is 7.43. The van der Waals surface area contributed by atoms with Crippen molar-refractivity contribution in [1.29, 1.82) is 0 Å². The first-order chi connectivity index (χ1) is 14.5. The van der Waals surface area contributed by atoms with Crippen molar-refractivity contribution >= 4 is 12.0 Å². The van der Waals surface area contributed by atoms with Gasteiger partial charge in [0.2, 0.25) is 0 Å². The summed E-state index contributed by atoms with van der Waals surface area (Å²) in [6.45, 7) is 3.86. The molecule has 2 heterocycles. The fourth-order valence-corrected chi connectivity index (χ4v) is 4.04. The molecule has 0 aliphatic carbocycles. The molecule has 0 saturated heterocycles. The number of hydrogen-bond acceptors (Lipinski definition) is 4. The molecule has 0 saturated carbocycles. The summed E-state index contributed by atoms with van der Waals surface area (Å²) >= 11 is 0. The number of rotatable bonds is 5. The van der Waals surface area contributed by atoms with Crippen LogP contribution in [0.3, 0.4) is 0 Å². The Morgan fingerprint density at radius 1 is 1.20 bits per heavy atom. The summed E-state index contributed by atoms with van der Waals surface area (Å²) in [6.07, 6.45) is 0.901. The van der Waals surface area contributed by atoms with E-state index in [2.05, 4.69) is 27.7 Å². The third-order valence-electron chi connectivity index (χ3n) is 5.42. The number of nitrogens with zero attached hydrogens (tertiary/aromatic N) is 1. The highest BCUT2D eigenvalue weighted by molar-refractivity contribution is 5.95. The highest BCUT2D eigenvalue weighted by Crippen LogP contribution is 2.29. The SMILES string of the molecule is CCOC(=O)C1=C(CN2CCc3ccccc3C2)NC(=O)N[C@H]1c1cccc(F)c1. The largest absolute Gasteiger partial charge is 0.463 e. The number of amides is 2. The first kappa shape index (κ1) is 20.1. The Kier molecular flexibility index (Phi) is 5.81. The van der Waals surface area contributed by atoms with Crippen molar-refractivity contribution in [3.05, 3.63) is 82.3 Å². The van der Waals surface area contributed by atoms with Gasteiger partial charge in [0.25, 0.3) is 0 Å². The number of fused-ring (bicyclic) bond motifs is 1. The van der Waals surface area contributed by atoms with Crippen LogP contribution in [-0.4, -0.2) is 36.6 Å². The van der Waals surface area contributed by atoms with Gasteiger partial charge >= 0.3 is 12.0 Å². The normalized spacial score (nSPS) is 19.0. The quantitative estimate of drug-likeness (QED) is 0.745. The van der Waals surface area contributed by atoms with Crippen molar-refractivity contribution in [1.82, 2.24) is 15.5 Å². The van der Waals surface area contributed by atoms with Crippen molar-refractivity contribution in [3.8, 4) is 0 Å². The lowest BCUT2D eigenvalue weighted by atomic mass is 9.94. The standard InChI is InChI=1S/C23H24FN3O3/c1-2-30-22(28)20-19(14-27-11-10-15-6-3-4-7-17(15)13-27)25-23(29)26-21(20)16-8-5-9-18(24)12-16/h3-9,12,21H,2,10-11,13-14H2,1H3,(H2,25,26,29)/t21-/m0/s1. The molecule has 0 fully saturated rings. The van der Waals surface area contributed by atoms with Gasteiger partial charge in [-0.1, -0.05) is 36.4 Å². The van der Waals surface area contributed by atoms with Crippen molar-refractivity contribution < 1.29 is 18.7 Å². The Morgan fingerprint density at radius 2 is 2.00 bits per heavy atom. The predicted molar refractivity (Wildman–Crippen MR) is 110 cm³/mol. The van der Waals surface area contributed by atoms with Gasteiger partial charge in [-0.05, 0) is 42.2 Å². The lowest BCUT2D eigenvalue weighted by molar-refractivity contribution is -0.139. The Balaban J connectivity index is 1.68. The van der Waals surface area contributed by atoms with Crippen LogP contribution in [0.25, 0.3) is 0 Å². The highest BCUT2D eigenvalue weighted by Gasteiger charge is 2.34. The van der Waals surface area contributed by atoms with Gasteiger partial charge in [0.15, 0.2) is 0 Å². The van der Waals surface area contributed by atoms with E-state index in [0.717, 1.165) is 19.5 Å². The van der Waals surface area contributed by atoms with Gasteiger partial charge in [0, 0.05) is 25.3 Å². The number of nitrogens with one attached hydrogen (secondary N) is 2. The summed E-state index contributed by atoms with van der Waals surface area (Å²) in [7, 11) is 0. The molecule has 2 aliphatic rings. The molecule has 4 rings (SSSR count). The zero-order valence-corrected chi connectivity index (χ0v) is 16.8. The van der Waals surface area contributed by atoms with Gasteiger partial charge < -0.3 is 15.4 Å². The molecule has 2 aromatic rings. The van der Waals surface area contributed by atoms with Crippen LogP contribution < -0.4 is 10.6 Å². The summed E-state index contributed by atoms with van der Waals surface area (Å²) in [5.74, 6) is -0.954. The number of urea groups is 1. The van der Waals surface area contributed by atoms with Gasteiger partial charge in [-0.25, -0.2) is 14.0 Å². The van der Waals surface area contributed by atoms with Crippen LogP contribution >= 0.6 is 0 Å². The molecule has 0 radical (unpaired) electrons. The maximum atomic E-state index is 13.8. The van der Waals surface area contributed by atoms with Crippen LogP contribution in [0.5, 0.6) is 0 Å². The second-order valence-electron chi connectivity index (χ2n) is 7.43. The van der Waals surface area contributed by atoms with Crippen LogP contribution in [0.4, 0.5) is 9.18 Å². The molecule has 2 amide bonds. The van der Waals surface area contributed by atoms with Crippen molar-refractivity contribution in [2.24, 2.45) is 0 Å². The molecule has 6 nitrogen and oxygen atoms in total. The molecule has 2 aliphatic heterocycles. The zero-order chi connectivity index (χ0) is 21.1. The molecule has 156 valence electrons. The topological polar surface area (TPSA) is 70.7 Å². The van der Waals surface area contributed by atoms with Gasteiger partial charge in [-0.3, -0.25) is 4.90 Å². The van der Waals surface area contributed by atoms with Crippen molar-refractivity contribution in [2.45, 2.75) is 25.9 Å². The van der Waals surface area contributed by atoms with E-state index in [-0.39, 0.29) is 6.61 Å². The minimum absolute atomic E-state index is 0.205. The van der Waals surface area contributed by atoms with Gasteiger partial charge in [0.05, 0.1) is 18.2 Å². The maximum absolute atomic E-state index is 13.8. The number of benzene rings is 2. The third-order valence-corrected chi connectivity index (χ3v) is 5.42. The number of ether oxygens (including phenoxy) is 1. The van der Waals surface area contributed by atoms with E-state index in [1.807, 2.05) is 12.1 Å². The van der Waals surface area contributed by atoms with E-state index in [4.69, 9.17) is 4.74 Å². The molecule has 30 heavy (non-hydrogen) atoms. The first-order valence-corrected chi connectivity index (χ1v) is 10.1. The summed E-state index contributed by atoms with van der Waals surface area (Å²) in [5.41, 5.74) is 3.85. The van der Waals surface area contributed by atoms with Crippen LogP contribution in [-0.2, 0) is 22.5 Å². The molecule has 0 spiro atoms. The Labute approximate surface area is 174 Å². The maximum Gasteiger partial charge on any atom is 0.338 e. The number of hydrogen-bond donors (Lipinski definition) is 2. The van der Waals surface area contributed by atoms with Crippen LogP contribution in [0.15, 0.2) is 59.8 Å². The predicted octanol–water partition coefficient (Wildman–Crippen LogP) is 3.06. The molecular formula is C23H24FN3O3. The number of esters is 1. The van der Waals surface area contributed by atoms with E-state index >= 15 is 0 Å². The number of carbonyl (C=O) groups excluding carboxylic acids is 2. The summed E-state index contributed by atoms with van der Waals surface area (Å²) in [6, 6.07) is 13.0. The Bertz CT molecular complexity index is 1000. The van der Waals surface area contributed by atoms with E-state index in [0.29, 0.717) is 23.4 Å². The summed E-state index contributed by atoms with van der Waals surface area (Å²) in [4.78, 5) is 27.4. The minimum atomic E-state index is -0.777. The molecule has 0 bridgehead atoms. The van der Waals surface area contributed by atoms with E-state index in [1.165, 1.54) is 23.3 Å². The third kappa shape index (κ3) is 4.21. The minimum Gasteiger partial charge on any atom is -0.463 e. The molecule has 0 aromatic heterocycles. The number of halogens is 1. The highest BCUT2D eigenvalue weighted by atomic mass is 19.1.